The van der Waals surface area contributed by atoms with E-state index in [1.54, 1.807) is 0 Å². The van der Waals surface area contributed by atoms with E-state index in [0.29, 0.717) is 17.6 Å². The minimum absolute atomic E-state index is 0.350. The second-order valence-corrected chi connectivity index (χ2v) is 5.33. The van der Waals surface area contributed by atoms with E-state index >= 15 is 0 Å². The molecule has 0 spiro atoms. The van der Waals surface area contributed by atoms with Crippen molar-refractivity contribution in [1.29, 1.82) is 0 Å². The van der Waals surface area contributed by atoms with Gasteiger partial charge in [0, 0.05) is 12.3 Å². The molecule has 1 heteroatoms. The van der Waals surface area contributed by atoms with E-state index < -0.39 is 0 Å². The van der Waals surface area contributed by atoms with Crippen molar-refractivity contribution in [3.05, 3.63) is 35.9 Å². The second kappa shape index (κ2) is 4.04. The Morgan fingerprint density at radius 1 is 1.19 bits per heavy atom. The average molecular weight is 214 g/mol. The lowest BCUT2D eigenvalue weighted by molar-refractivity contribution is -0.121. The molecule has 0 amide bonds. The van der Waals surface area contributed by atoms with E-state index in [2.05, 4.69) is 24.3 Å². The molecule has 3 rings (SSSR count). The maximum absolute atomic E-state index is 12.0. The van der Waals surface area contributed by atoms with Gasteiger partial charge in [-0.2, -0.15) is 0 Å². The molecule has 0 aromatic heterocycles. The Morgan fingerprint density at radius 3 is 2.56 bits per heavy atom. The maximum Gasteiger partial charge on any atom is 0.136 e. The van der Waals surface area contributed by atoms with Crippen LogP contribution in [-0.4, -0.2) is 5.78 Å². The smallest absolute Gasteiger partial charge is 0.136 e. The van der Waals surface area contributed by atoms with E-state index in [1.807, 2.05) is 6.07 Å². The number of Topliss-reactive ketones (excluding diaryl/α,β-unsaturated/α-hetero) is 1. The van der Waals surface area contributed by atoms with Gasteiger partial charge in [-0.05, 0) is 23.8 Å². The predicted molar refractivity (Wildman–Crippen MR) is 64.3 cm³/mol. The topological polar surface area (TPSA) is 17.1 Å². The van der Waals surface area contributed by atoms with Crippen molar-refractivity contribution < 1.29 is 4.79 Å². The van der Waals surface area contributed by atoms with Crippen molar-refractivity contribution in [2.24, 2.45) is 11.8 Å². The molecular formula is C15H18O. The van der Waals surface area contributed by atoms with Gasteiger partial charge in [0.25, 0.3) is 0 Å². The van der Waals surface area contributed by atoms with Crippen LogP contribution in [0.15, 0.2) is 30.3 Å². The van der Waals surface area contributed by atoms with Gasteiger partial charge in [0.05, 0.1) is 0 Å². The highest BCUT2D eigenvalue weighted by molar-refractivity contribution is 5.85. The Bertz CT molecular complexity index is 378. The van der Waals surface area contributed by atoms with Crippen LogP contribution in [0, 0.1) is 11.8 Å². The summed E-state index contributed by atoms with van der Waals surface area (Å²) in [5, 5.41) is 0. The SMILES string of the molecule is O=C(CC1CCC1)C1CC1c1ccccc1. The molecule has 2 fully saturated rings. The number of ketones is 1. The summed E-state index contributed by atoms with van der Waals surface area (Å²) in [7, 11) is 0. The lowest BCUT2D eigenvalue weighted by atomic mass is 9.81. The molecular weight excluding hydrogens is 196 g/mol. The molecule has 0 heterocycles. The van der Waals surface area contributed by atoms with Gasteiger partial charge in [-0.15, -0.1) is 0 Å². The largest absolute Gasteiger partial charge is 0.299 e. The van der Waals surface area contributed by atoms with Crippen LogP contribution in [0.4, 0.5) is 0 Å². The van der Waals surface area contributed by atoms with E-state index in [4.69, 9.17) is 0 Å². The monoisotopic (exact) mass is 214 g/mol. The van der Waals surface area contributed by atoms with Gasteiger partial charge < -0.3 is 0 Å². The molecule has 0 saturated heterocycles. The fraction of sp³-hybridized carbons (Fsp3) is 0.533. The van der Waals surface area contributed by atoms with Gasteiger partial charge in [-0.3, -0.25) is 4.79 Å². The van der Waals surface area contributed by atoms with Crippen LogP contribution in [0.5, 0.6) is 0 Å². The summed E-state index contributed by atoms with van der Waals surface area (Å²) in [6.07, 6.45) is 5.86. The van der Waals surface area contributed by atoms with E-state index in [-0.39, 0.29) is 0 Å². The Hall–Kier alpha value is -1.11. The summed E-state index contributed by atoms with van der Waals surface area (Å²) in [6.45, 7) is 0. The van der Waals surface area contributed by atoms with Gasteiger partial charge in [0.15, 0.2) is 0 Å². The Morgan fingerprint density at radius 2 is 1.94 bits per heavy atom. The Balaban J connectivity index is 1.57. The normalized spacial score (nSPS) is 28.5. The van der Waals surface area contributed by atoms with E-state index in [1.165, 1.54) is 24.8 Å². The van der Waals surface area contributed by atoms with Crippen LogP contribution >= 0.6 is 0 Å². The molecule has 2 aliphatic carbocycles. The van der Waals surface area contributed by atoms with Gasteiger partial charge in [0.2, 0.25) is 0 Å². The third-order valence-electron chi connectivity index (χ3n) is 4.15. The van der Waals surface area contributed by atoms with Crippen molar-refractivity contribution in [2.75, 3.05) is 0 Å². The summed E-state index contributed by atoms with van der Waals surface area (Å²) in [4.78, 5) is 12.0. The number of carbonyl (C=O) groups excluding carboxylic acids is 1. The maximum atomic E-state index is 12.0. The van der Waals surface area contributed by atoms with Gasteiger partial charge in [0.1, 0.15) is 5.78 Å². The number of benzene rings is 1. The fourth-order valence-corrected chi connectivity index (χ4v) is 2.75. The number of hydrogen-bond donors (Lipinski definition) is 0. The minimum atomic E-state index is 0.350. The molecule has 1 nitrogen and oxygen atoms in total. The van der Waals surface area contributed by atoms with Crippen LogP contribution in [-0.2, 0) is 4.79 Å². The fourth-order valence-electron chi connectivity index (χ4n) is 2.75. The van der Waals surface area contributed by atoms with Crippen LogP contribution in [0.3, 0.4) is 0 Å². The molecule has 0 N–H and O–H groups in total. The highest BCUT2D eigenvalue weighted by atomic mass is 16.1. The summed E-state index contributed by atoms with van der Waals surface area (Å²) in [5.74, 6) is 2.14. The van der Waals surface area contributed by atoms with Crippen molar-refractivity contribution in [3.8, 4) is 0 Å². The summed E-state index contributed by atoms with van der Waals surface area (Å²) < 4.78 is 0. The molecule has 16 heavy (non-hydrogen) atoms. The van der Waals surface area contributed by atoms with Gasteiger partial charge >= 0.3 is 0 Å². The van der Waals surface area contributed by atoms with Gasteiger partial charge in [-0.25, -0.2) is 0 Å². The van der Waals surface area contributed by atoms with E-state index in [0.717, 1.165) is 18.8 Å². The first-order valence-electron chi connectivity index (χ1n) is 6.42. The Labute approximate surface area is 96.9 Å². The first kappa shape index (κ1) is 10.1. The summed E-state index contributed by atoms with van der Waals surface area (Å²) in [5.41, 5.74) is 1.36. The highest BCUT2D eigenvalue weighted by Crippen LogP contribution is 2.49. The zero-order valence-corrected chi connectivity index (χ0v) is 9.56. The highest BCUT2D eigenvalue weighted by Gasteiger charge is 2.43. The zero-order valence-electron chi connectivity index (χ0n) is 9.56. The summed E-state index contributed by atoms with van der Waals surface area (Å²) in [6, 6.07) is 10.5. The van der Waals surface area contributed by atoms with Crippen molar-refractivity contribution >= 4 is 5.78 Å². The third-order valence-corrected chi connectivity index (χ3v) is 4.15. The average Bonchev–Trinajstić information content (AvgIpc) is 3.04. The molecule has 0 radical (unpaired) electrons. The van der Waals surface area contributed by atoms with Crippen molar-refractivity contribution in [3.63, 3.8) is 0 Å². The third kappa shape index (κ3) is 1.91. The van der Waals surface area contributed by atoms with Crippen LogP contribution in [0.1, 0.15) is 43.6 Å². The van der Waals surface area contributed by atoms with Crippen molar-refractivity contribution in [1.82, 2.24) is 0 Å². The first-order valence-corrected chi connectivity index (χ1v) is 6.42. The molecule has 2 atom stereocenters. The Kier molecular flexibility index (Phi) is 2.55. The molecule has 2 unspecified atom stereocenters. The predicted octanol–water partition coefficient (Wildman–Crippen LogP) is 3.55. The molecule has 0 bridgehead atoms. The molecule has 1 aromatic rings. The zero-order chi connectivity index (χ0) is 11.0. The second-order valence-electron chi connectivity index (χ2n) is 5.33. The summed E-state index contributed by atoms with van der Waals surface area (Å²) >= 11 is 0. The van der Waals surface area contributed by atoms with Crippen LogP contribution in [0.2, 0.25) is 0 Å². The number of hydrogen-bond acceptors (Lipinski definition) is 1. The molecule has 2 saturated carbocycles. The molecule has 2 aliphatic rings. The standard InChI is InChI=1S/C15H18O/c16-15(9-11-5-4-6-11)14-10-13(14)12-7-2-1-3-8-12/h1-3,7-8,11,13-14H,4-6,9-10H2. The lowest BCUT2D eigenvalue weighted by Gasteiger charge is -2.24. The van der Waals surface area contributed by atoms with Gasteiger partial charge in [-0.1, -0.05) is 49.6 Å². The van der Waals surface area contributed by atoms with Crippen LogP contribution in [0.25, 0.3) is 0 Å². The minimum Gasteiger partial charge on any atom is -0.299 e. The van der Waals surface area contributed by atoms with Crippen molar-refractivity contribution in [2.45, 2.75) is 38.0 Å². The van der Waals surface area contributed by atoms with Crippen LogP contribution < -0.4 is 0 Å². The molecule has 0 aliphatic heterocycles. The number of carbonyl (C=O) groups is 1. The van der Waals surface area contributed by atoms with E-state index in [9.17, 15) is 4.79 Å². The molecule has 1 aromatic carbocycles. The first-order chi connectivity index (χ1) is 7.84. The lowest BCUT2D eigenvalue weighted by Crippen LogP contribution is -2.17. The quantitative estimate of drug-likeness (QED) is 0.749. The number of rotatable bonds is 4. The molecule has 84 valence electrons.